The van der Waals surface area contributed by atoms with Crippen molar-refractivity contribution in [1.29, 1.82) is 0 Å². The number of nitrogens with zero attached hydrogens (tertiary/aromatic N) is 2. The van der Waals surface area contributed by atoms with Gasteiger partial charge in [0.1, 0.15) is 0 Å². The van der Waals surface area contributed by atoms with E-state index in [0.29, 0.717) is 0 Å². The number of aromatic nitrogens is 2. The van der Waals surface area contributed by atoms with Gasteiger partial charge in [-0.15, -0.1) is 0 Å². The summed E-state index contributed by atoms with van der Waals surface area (Å²) in [4.78, 5) is 0. The van der Waals surface area contributed by atoms with Crippen LogP contribution >= 0.6 is 15.9 Å². The third-order valence-electron chi connectivity index (χ3n) is 2.43. The Hall–Kier alpha value is -0.350. The lowest BCUT2D eigenvalue weighted by Gasteiger charge is -2.24. The van der Waals surface area contributed by atoms with E-state index in [2.05, 4.69) is 47.1 Å². The van der Waals surface area contributed by atoms with Crippen molar-refractivity contribution in [2.24, 2.45) is 0 Å². The Morgan fingerprint density at radius 2 is 2.29 bits per heavy atom. The fourth-order valence-corrected chi connectivity index (χ4v) is 1.42. The first-order chi connectivity index (χ1) is 6.53. The van der Waals surface area contributed by atoms with Crippen LogP contribution in [0.3, 0.4) is 0 Å². The Balaban J connectivity index is 2.28. The van der Waals surface area contributed by atoms with Gasteiger partial charge in [-0.3, -0.25) is 4.68 Å². The highest BCUT2D eigenvalue weighted by molar-refractivity contribution is 9.10. The second-order valence-corrected chi connectivity index (χ2v) is 5.00. The van der Waals surface area contributed by atoms with E-state index in [1.54, 1.807) is 0 Å². The average molecular weight is 260 g/mol. The molecule has 0 saturated heterocycles. The molecule has 14 heavy (non-hydrogen) atoms. The largest absolute Gasteiger partial charge is 0.310 e. The molecule has 0 unspecified atom stereocenters. The van der Waals surface area contributed by atoms with E-state index in [1.165, 1.54) is 0 Å². The third kappa shape index (κ3) is 3.80. The van der Waals surface area contributed by atoms with Gasteiger partial charge in [0.15, 0.2) is 0 Å². The van der Waals surface area contributed by atoms with E-state index in [9.17, 15) is 0 Å². The highest BCUT2D eigenvalue weighted by atomic mass is 79.9. The molecule has 1 aromatic rings. The summed E-state index contributed by atoms with van der Waals surface area (Å²) in [6.07, 6.45) is 4.93. The minimum absolute atomic E-state index is 0.227. The van der Waals surface area contributed by atoms with Crippen LogP contribution in [0.25, 0.3) is 0 Å². The lowest BCUT2D eigenvalue weighted by Crippen LogP contribution is -2.40. The van der Waals surface area contributed by atoms with Crippen molar-refractivity contribution in [3.63, 3.8) is 0 Å². The first kappa shape index (κ1) is 11.7. The molecule has 0 aliphatic heterocycles. The summed E-state index contributed by atoms with van der Waals surface area (Å²) in [5.41, 5.74) is 0.227. The van der Waals surface area contributed by atoms with Crippen LogP contribution in [0.4, 0.5) is 0 Å². The first-order valence-electron chi connectivity index (χ1n) is 4.96. The number of nitrogens with one attached hydrogen (secondary N) is 1. The Labute approximate surface area is 94.0 Å². The molecule has 0 aromatic carbocycles. The summed E-state index contributed by atoms with van der Waals surface area (Å²) in [6, 6.07) is 0. The highest BCUT2D eigenvalue weighted by Gasteiger charge is 2.12. The first-order valence-corrected chi connectivity index (χ1v) is 5.76. The van der Waals surface area contributed by atoms with Crippen LogP contribution in [-0.2, 0) is 6.54 Å². The fourth-order valence-electron chi connectivity index (χ4n) is 1.09. The van der Waals surface area contributed by atoms with E-state index in [0.717, 1.165) is 24.0 Å². The molecule has 0 saturated carbocycles. The third-order valence-corrected chi connectivity index (χ3v) is 2.84. The van der Waals surface area contributed by atoms with Crippen LogP contribution in [0.5, 0.6) is 0 Å². The topological polar surface area (TPSA) is 29.9 Å². The van der Waals surface area contributed by atoms with Crippen molar-refractivity contribution in [2.75, 3.05) is 6.54 Å². The molecule has 0 atom stereocenters. The number of halogens is 1. The van der Waals surface area contributed by atoms with Crippen LogP contribution in [0.2, 0.25) is 0 Å². The monoisotopic (exact) mass is 259 g/mol. The Bertz CT molecular complexity index is 281. The van der Waals surface area contributed by atoms with Gasteiger partial charge in [0, 0.05) is 18.3 Å². The van der Waals surface area contributed by atoms with Gasteiger partial charge in [-0.05, 0) is 36.2 Å². The second-order valence-electron chi connectivity index (χ2n) is 4.09. The molecule has 0 fully saturated rings. The lowest BCUT2D eigenvalue weighted by atomic mass is 10.0. The van der Waals surface area contributed by atoms with Crippen molar-refractivity contribution in [1.82, 2.24) is 15.1 Å². The SMILES string of the molecule is CCC(C)(C)NCCn1cc(Br)cn1. The Morgan fingerprint density at radius 1 is 1.57 bits per heavy atom. The van der Waals surface area contributed by atoms with Crippen LogP contribution in [0, 0.1) is 0 Å². The second kappa shape index (κ2) is 4.94. The molecular formula is C10H18BrN3. The zero-order valence-corrected chi connectivity index (χ0v) is 10.6. The maximum Gasteiger partial charge on any atom is 0.0632 e. The molecule has 1 aromatic heterocycles. The van der Waals surface area contributed by atoms with Crippen molar-refractivity contribution >= 4 is 15.9 Å². The molecular weight excluding hydrogens is 242 g/mol. The van der Waals surface area contributed by atoms with E-state index < -0.39 is 0 Å². The van der Waals surface area contributed by atoms with Crippen molar-refractivity contribution in [2.45, 2.75) is 39.3 Å². The summed E-state index contributed by atoms with van der Waals surface area (Å²) in [6.45, 7) is 8.49. The molecule has 4 heteroatoms. The molecule has 0 spiro atoms. The van der Waals surface area contributed by atoms with Crippen LogP contribution < -0.4 is 5.32 Å². The molecule has 0 radical (unpaired) electrons. The van der Waals surface area contributed by atoms with Crippen LogP contribution in [0.15, 0.2) is 16.9 Å². The zero-order valence-electron chi connectivity index (χ0n) is 9.05. The predicted octanol–water partition coefficient (Wildman–Crippen LogP) is 2.42. The van der Waals surface area contributed by atoms with Crippen molar-refractivity contribution in [3.05, 3.63) is 16.9 Å². The van der Waals surface area contributed by atoms with Gasteiger partial charge >= 0.3 is 0 Å². The van der Waals surface area contributed by atoms with Gasteiger partial charge in [0.25, 0.3) is 0 Å². The van der Waals surface area contributed by atoms with Crippen molar-refractivity contribution < 1.29 is 0 Å². The molecule has 1 rings (SSSR count). The van der Waals surface area contributed by atoms with E-state index in [-0.39, 0.29) is 5.54 Å². The highest BCUT2D eigenvalue weighted by Crippen LogP contribution is 2.07. The van der Waals surface area contributed by atoms with E-state index >= 15 is 0 Å². The molecule has 0 aliphatic rings. The average Bonchev–Trinajstić information content (AvgIpc) is 2.51. The zero-order chi connectivity index (χ0) is 10.6. The summed E-state index contributed by atoms with van der Waals surface area (Å²) < 4.78 is 2.97. The maximum atomic E-state index is 4.19. The molecule has 1 N–H and O–H groups in total. The Morgan fingerprint density at radius 3 is 2.79 bits per heavy atom. The number of rotatable bonds is 5. The maximum absolute atomic E-state index is 4.19. The standard InChI is InChI=1S/C10H18BrN3/c1-4-10(2,3)12-5-6-14-8-9(11)7-13-14/h7-8,12H,4-6H2,1-3H3. The molecule has 1 heterocycles. The minimum Gasteiger partial charge on any atom is -0.310 e. The summed E-state index contributed by atoms with van der Waals surface area (Å²) >= 11 is 3.37. The van der Waals surface area contributed by atoms with Gasteiger partial charge in [-0.2, -0.15) is 5.10 Å². The van der Waals surface area contributed by atoms with E-state index in [4.69, 9.17) is 0 Å². The smallest absolute Gasteiger partial charge is 0.0632 e. The van der Waals surface area contributed by atoms with Gasteiger partial charge < -0.3 is 5.32 Å². The predicted molar refractivity (Wildman–Crippen MR) is 62.3 cm³/mol. The summed E-state index contributed by atoms with van der Waals surface area (Å²) in [7, 11) is 0. The molecule has 0 aliphatic carbocycles. The van der Waals surface area contributed by atoms with Gasteiger partial charge in [0.2, 0.25) is 0 Å². The fraction of sp³-hybridized carbons (Fsp3) is 0.700. The quantitative estimate of drug-likeness (QED) is 0.881. The summed E-state index contributed by atoms with van der Waals surface area (Å²) in [5.74, 6) is 0. The van der Waals surface area contributed by atoms with Gasteiger partial charge in [0.05, 0.1) is 17.2 Å². The molecule has 0 bridgehead atoms. The van der Waals surface area contributed by atoms with Crippen molar-refractivity contribution in [3.8, 4) is 0 Å². The normalized spacial score (nSPS) is 12.0. The van der Waals surface area contributed by atoms with Crippen LogP contribution in [0.1, 0.15) is 27.2 Å². The van der Waals surface area contributed by atoms with E-state index in [1.807, 2.05) is 17.1 Å². The molecule has 0 amide bonds. The molecule has 3 nitrogen and oxygen atoms in total. The Kier molecular flexibility index (Phi) is 4.13. The van der Waals surface area contributed by atoms with Crippen LogP contribution in [-0.4, -0.2) is 21.9 Å². The van der Waals surface area contributed by atoms with Gasteiger partial charge in [-0.1, -0.05) is 6.92 Å². The molecule has 80 valence electrons. The number of hydrogen-bond donors (Lipinski definition) is 1. The summed E-state index contributed by atoms with van der Waals surface area (Å²) in [5, 5.41) is 7.68. The minimum atomic E-state index is 0.227. The number of hydrogen-bond acceptors (Lipinski definition) is 2. The lowest BCUT2D eigenvalue weighted by molar-refractivity contribution is 0.363. The van der Waals surface area contributed by atoms with Gasteiger partial charge in [-0.25, -0.2) is 0 Å².